The van der Waals surface area contributed by atoms with Gasteiger partial charge in [0.25, 0.3) is 0 Å². The van der Waals surface area contributed by atoms with Crippen LogP contribution in [0, 0.1) is 6.92 Å². The van der Waals surface area contributed by atoms with E-state index in [2.05, 4.69) is 0 Å². The van der Waals surface area contributed by atoms with E-state index in [0.717, 1.165) is 11.1 Å². The van der Waals surface area contributed by atoms with Crippen LogP contribution in [0.4, 0.5) is 0 Å². The molecule has 2 N–H and O–H groups in total. The van der Waals surface area contributed by atoms with Gasteiger partial charge < -0.3 is 24.4 Å². The molecular formula is C15H24O5. The number of rotatable bonds is 9. The third kappa shape index (κ3) is 5.88. The minimum absolute atomic E-state index is 0.168. The van der Waals surface area contributed by atoms with Crippen molar-refractivity contribution in [1.82, 2.24) is 0 Å². The van der Waals surface area contributed by atoms with Crippen molar-refractivity contribution < 1.29 is 24.4 Å². The number of benzene rings is 1. The van der Waals surface area contributed by atoms with Crippen molar-refractivity contribution in [3.05, 3.63) is 29.3 Å². The molecule has 1 unspecified atom stereocenters. The summed E-state index contributed by atoms with van der Waals surface area (Å²) in [6, 6.07) is 5.49. The minimum atomic E-state index is -0.678. The van der Waals surface area contributed by atoms with E-state index in [1.165, 1.54) is 0 Å². The first-order valence-corrected chi connectivity index (χ1v) is 6.70. The van der Waals surface area contributed by atoms with E-state index in [1.807, 2.05) is 19.1 Å². The second-order valence-electron chi connectivity index (χ2n) is 4.73. The predicted octanol–water partition coefficient (Wildman–Crippen LogP) is 1.45. The Morgan fingerprint density at radius 3 is 2.50 bits per heavy atom. The highest BCUT2D eigenvalue weighted by Crippen LogP contribution is 2.22. The Bertz CT molecular complexity index is 392. The van der Waals surface area contributed by atoms with Gasteiger partial charge in [-0.05, 0) is 37.1 Å². The van der Waals surface area contributed by atoms with Crippen molar-refractivity contribution in [2.24, 2.45) is 0 Å². The lowest BCUT2D eigenvalue weighted by molar-refractivity contribution is -0.00428. The average molecular weight is 284 g/mol. The van der Waals surface area contributed by atoms with E-state index in [9.17, 15) is 10.2 Å². The summed E-state index contributed by atoms with van der Waals surface area (Å²) in [4.78, 5) is 0. The summed E-state index contributed by atoms with van der Waals surface area (Å²) in [5, 5.41) is 19.2. The highest BCUT2D eigenvalue weighted by atomic mass is 16.5. The van der Waals surface area contributed by atoms with Gasteiger partial charge in [0.1, 0.15) is 18.5 Å². The number of hydrogen-bond acceptors (Lipinski definition) is 5. The molecule has 5 heteroatoms. The molecule has 0 aliphatic carbocycles. The molecule has 0 spiro atoms. The van der Waals surface area contributed by atoms with Crippen LogP contribution in [-0.4, -0.2) is 49.9 Å². The molecule has 5 nitrogen and oxygen atoms in total. The average Bonchev–Trinajstić information content (AvgIpc) is 2.42. The molecule has 1 aromatic rings. The van der Waals surface area contributed by atoms with Crippen molar-refractivity contribution >= 4 is 0 Å². The molecule has 0 aliphatic rings. The number of aliphatic hydroxyl groups is 2. The van der Waals surface area contributed by atoms with E-state index in [1.54, 1.807) is 20.1 Å². The van der Waals surface area contributed by atoms with Crippen LogP contribution in [0.1, 0.15) is 24.2 Å². The van der Waals surface area contributed by atoms with Crippen LogP contribution >= 0.6 is 0 Å². The van der Waals surface area contributed by atoms with Gasteiger partial charge in [-0.3, -0.25) is 0 Å². The summed E-state index contributed by atoms with van der Waals surface area (Å²) >= 11 is 0. The Labute approximate surface area is 120 Å². The van der Waals surface area contributed by atoms with Crippen LogP contribution in [0.2, 0.25) is 0 Å². The number of methoxy groups -OCH3 is 1. The Balaban J connectivity index is 2.37. The van der Waals surface area contributed by atoms with Crippen LogP contribution in [-0.2, 0) is 9.47 Å². The molecular weight excluding hydrogens is 260 g/mol. The number of aryl methyl sites for hydroxylation is 1. The molecule has 0 aromatic heterocycles. The highest BCUT2D eigenvalue weighted by molar-refractivity contribution is 5.36. The van der Waals surface area contributed by atoms with Gasteiger partial charge in [-0.2, -0.15) is 0 Å². The molecule has 0 fully saturated rings. The summed E-state index contributed by atoms with van der Waals surface area (Å²) in [7, 11) is 1.60. The molecule has 0 amide bonds. The van der Waals surface area contributed by atoms with Gasteiger partial charge in [0, 0.05) is 7.11 Å². The lowest BCUT2D eigenvalue weighted by Gasteiger charge is -2.15. The van der Waals surface area contributed by atoms with Crippen molar-refractivity contribution in [1.29, 1.82) is 0 Å². The SMILES string of the molecule is COCCOCC(O)COc1ccc([C@H](C)O)cc1C. The maximum atomic E-state index is 9.71. The van der Waals surface area contributed by atoms with Gasteiger partial charge in [0.15, 0.2) is 0 Å². The second-order valence-corrected chi connectivity index (χ2v) is 4.73. The van der Waals surface area contributed by atoms with Gasteiger partial charge in [-0.15, -0.1) is 0 Å². The largest absolute Gasteiger partial charge is 0.491 e. The van der Waals surface area contributed by atoms with Gasteiger partial charge >= 0.3 is 0 Å². The summed E-state index contributed by atoms with van der Waals surface area (Å²) in [6.07, 6.45) is -1.18. The van der Waals surface area contributed by atoms with E-state index in [0.29, 0.717) is 19.0 Å². The predicted molar refractivity (Wildman–Crippen MR) is 76.0 cm³/mol. The van der Waals surface area contributed by atoms with Crippen molar-refractivity contribution in [2.75, 3.05) is 33.5 Å². The topological polar surface area (TPSA) is 68.2 Å². The lowest BCUT2D eigenvalue weighted by atomic mass is 10.1. The zero-order valence-electron chi connectivity index (χ0n) is 12.3. The molecule has 0 aliphatic heterocycles. The van der Waals surface area contributed by atoms with Crippen molar-refractivity contribution in [3.8, 4) is 5.75 Å². The summed E-state index contributed by atoms with van der Waals surface area (Å²) in [6.45, 7) is 4.97. The fourth-order valence-electron chi connectivity index (χ4n) is 1.69. The zero-order chi connectivity index (χ0) is 15.0. The van der Waals surface area contributed by atoms with E-state index >= 15 is 0 Å². The molecule has 1 rings (SSSR count). The Morgan fingerprint density at radius 1 is 1.15 bits per heavy atom. The quantitative estimate of drug-likeness (QED) is 0.672. The van der Waals surface area contributed by atoms with E-state index in [-0.39, 0.29) is 13.2 Å². The third-order valence-electron chi connectivity index (χ3n) is 2.85. The fourth-order valence-corrected chi connectivity index (χ4v) is 1.69. The maximum Gasteiger partial charge on any atom is 0.122 e. The first kappa shape index (κ1) is 16.9. The Kier molecular flexibility index (Phi) is 7.54. The summed E-state index contributed by atoms with van der Waals surface area (Å²) in [5.74, 6) is 0.699. The molecule has 20 heavy (non-hydrogen) atoms. The molecule has 1 aromatic carbocycles. The molecule has 2 atom stereocenters. The first-order valence-electron chi connectivity index (χ1n) is 6.70. The summed E-state index contributed by atoms with van der Waals surface area (Å²) < 4.78 is 15.6. The normalized spacial score (nSPS) is 14.1. The second kappa shape index (κ2) is 8.92. The standard InChI is InChI=1S/C15H24O5/c1-11-8-13(12(2)16)4-5-15(11)20-10-14(17)9-19-7-6-18-3/h4-5,8,12,14,16-17H,6-7,9-10H2,1-3H3/t12-,14?/m0/s1. The smallest absolute Gasteiger partial charge is 0.122 e. The van der Waals surface area contributed by atoms with Gasteiger partial charge in [0.05, 0.1) is 25.9 Å². The Morgan fingerprint density at radius 2 is 1.90 bits per heavy atom. The van der Waals surface area contributed by atoms with Crippen molar-refractivity contribution in [2.45, 2.75) is 26.1 Å². The third-order valence-corrected chi connectivity index (χ3v) is 2.85. The lowest BCUT2D eigenvalue weighted by Crippen LogP contribution is -2.24. The molecule has 0 saturated heterocycles. The van der Waals surface area contributed by atoms with E-state index in [4.69, 9.17) is 14.2 Å². The van der Waals surface area contributed by atoms with Gasteiger partial charge in [-0.25, -0.2) is 0 Å². The number of hydrogen-bond donors (Lipinski definition) is 2. The molecule has 0 saturated carbocycles. The van der Waals surface area contributed by atoms with Crippen LogP contribution in [0.25, 0.3) is 0 Å². The van der Waals surface area contributed by atoms with Crippen LogP contribution in [0.15, 0.2) is 18.2 Å². The molecule has 0 heterocycles. The zero-order valence-corrected chi connectivity index (χ0v) is 12.3. The maximum absolute atomic E-state index is 9.71. The molecule has 0 radical (unpaired) electrons. The monoisotopic (exact) mass is 284 g/mol. The first-order chi connectivity index (χ1) is 9.54. The van der Waals surface area contributed by atoms with Crippen LogP contribution in [0.3, 0.4) is 0 Å². The molecule has 0 bridgehead atoms. The highest BCUT2D eigenvalue weighted by Gasteiger charge is 2.09. The van der Waals surface area contributed by atoms with Crippen molar-refractivity contribution in [3.63, 3.8) is 0 Å². The molecule has 114 valence electrons. The fraction of sp³-hybridized carbons (Fsp3) is 0.600. The van der Waals surface area contributed by atoms with Gasteiger partial charge in [-0.1, -0.05) is 6.07 Å². The van der Waals surface area contributed by atoms with Crippen LogP contribution in [0.5, 0.6) is 5.75 Å². The number of aliphatic hydroxyl groups excluding tert-OH is 2. The Hall–Kier alpha value is -1.14. The van der Waals surface area contributed by atoms with Gasteiger partial charge in [0.2, 0.25) is 0 Å². The number of ether oxygens (including phenoxy) is 3. The van der Waals surface area contributed by atoms with Crippen LogP contribution < -0.4 is 4.74 Å². The van der Waals surface area contributed by atoms with E-state index < -0.39 is 12.2 Å². The summed E-state index contributed by atoms with van der Waals surface area (Å²) in [5.41, 5.74) is 1.77. The minimum Gasteiger partial charge on any atom is -0.491 e.